The van der Waals surface area contributed by atoms with Gasteiger partial charge in [-0.1, -0.05) is 18.2 Å². The number of fused-ring (bicyclic) bond motifs is 1. The molecule has 0 aliphatic carbocycles. The van der Waals surface area contributed by atoms with Crippen LogP contribution in [0.1, 0.15) is 19.4 Å². The zero-order valence-corrected chi connectivity index (χ0v) is 10.6. The molecule has 17 heavy (non-hydrogen) atoms. The van der Waals surface area contributed by atoms with Crippen molar-refractivity contribution in [2.24, 2.45) is 5.73 Å². The van der Waals surface area contributed by atoms with E-state index in [0.29, 0.717) is 13.1 Å². The van der Waals surface area contributed by atoms with Crippen LogP contribution in [0, 0.1) is 0 Å². The molecule has 0 saturated carbocycles. The maximum Gasteiger partial charge on any atom is 0.325 e. The van der Waals surface area contributed by atoms with E-state index >= 15 is 0 Å². The van der Waals surface area contributed by atoms with Crippen LogP contribution in [-0.2, 0) is 6.54 Å². The highest BCUT2D eigenvalue weighted by Gasteiger charge is 2.37. The molecule has 4 heteroatoms. The SMILES string of the molecule is CN1Cc2ccccc2N(C(C)(C)CN)C1=O. The first-order valence-corrected chi connectivity index (χ1v) is 5.80. The van der Waals surface area contributed by atoms with Gasteiger partial charge in [0.25, 0.3) is 0 Å². The number of nitrogens with two attached hydrogens (primary N) is 1. The van der Waals surface area contributed by atoms with Crippen LogP contribution in [0.3, 0.4) is 0 Å². The fourth-order valence-corrected chi connectivity index (χ4v) is 2.14. The Kier molecular flexibility index (Phi) is 2.83. The summed E-state index contributed by atoms with van der Waals surface area (Å²) in [6, 6.07) is 8.00. The second-order valence-electron chi connectivity index (χ2n) is 5.12. The molecule has 0 bridgehead atoms. The summed E-state index contributed by atoms with van der Waals surface area (Å²) >= 11 is 0. The molecule has 4 nitrogen and oxygen atoms in total. The number of hydrogen-bond acceptors (Lipinski definition) is 2. The van der Waals surface area contributed by atoms with Crippen LogP contribution in [0.4, 0.5) is 10.5 Å². The van der Waals surface area contributed by atoms with Gasteiger partial charge in [0.15, 0.2) is 0 Å². The largest absolute Gasteiger partial charge is 0.328 e. The third-order valence-corrected chi connectivity index (χ3v) is 3.26. The number of carbonyl (C=O) groups excluding carboxylic acids is 1. The maximum atomic E-state index is 12.3. The predicted octanol–water partition coefficient (Wildman–Crippen LogP) is 1.80. The first kappa shape index (κ1) is 11.9. The monoisotopic (exact) mass is 233 g/mol. The number of urea groups is 1. The summed E-state index contributed by atoms with van der Waals surface area (Å²) in [5.74, 6) is 0. The molecule has 92 valence electrons. The summed E-state index contributed by atoms with van der Waals surface area (Å²) in [7, 11) is 1.82. The fraction of sp³-hybridized carbons (Fsp3) is 0.462. The van der Waals surface area contributed by atoms with Gasteiger partial charge in [-0.2, -0.15) is 0 Å². The molecule has 1 aromatic carbocycles. The lowest BCUT2D eigenvalue weighted by atomic mass is 9.99. The van der Waals surface area contributed by atoms with Gasteiger partial charge in [-0.15, -0.1) is 0 Å². The number of carbonyl (C=O) groups is 1. The molecule has 0 saturated heterocycles. The Labute approximate surface area is 102 Å². The van der Waals surface area contributed by atoms with Crippen molar-refractivity contribution >= 4 is 11.7 Å². The number of amides is 2. The van der Waals surface area contributed by atoms with Gasteiger partial charge in [-0.05, 0) is 25.5 Å². The van der Waals surface area contributed by atoms with Crippen LogP contribution >= 0.6 is 0 Å². The van der Waals surface area contributed by atoms with E-state index in [-0.39, 0.29) is 11.6 Å². The Morgan fingerprint density at radius 2 is 2.00 bits per heavy atom. The van der Waals surface area contributed by atoms with Crippen LogP contribution < -0.4 is 10.6 Å². The topological polar surface area (TPSA) is 49.6 Å². The lowest BCUT2D eigenvalue weighted by molar-refractivity contribution is 0.203. The second-order valence-corrected chi connectivity index (χ2v) is 5.12. The predicted molar refractivity (Wildman–Crippen MR) is 68.9 cm³/mol. The fourth-order valence-electron chi connectivity index (χ4n) is 2.14. The number of benzene rings is 1. The van der Waals surface area contributed by atoms with Crippen LogP contribution in [0.25, 0.3) is 0 Å². The van der Waals surface area contributed by atoms with Gasteiger partial charge in [0.2, 0.25) is 0 Å². The zero-order chi connectivity index (χ0) is 12.6. The standard InChI is InChI=1S/C13H19N3O/c1-13(2,9-14)16-11-7-5-4-6-10(11)8-15(3)12(16)17/h4-7H,8-9,14H2,1-3H3. The molecular weight excluding hydrogens is 214 g/mol. The van der Waals surface area contributed by atoms with Crippen LogP contribution in [-0.4, -0.2) is 30.1 Å². The van der Waals surface area contributed by atoms with E-state index in [4.69, 9.17) is 5.73 Å². The van der Waals surface area contributed by atoms with Crippen LogP contribution in [0.15, 0.2) is 24.3 Å². The molecule has 0 atom stereocenters. The van der Waals surface area contributed by atoms with Gasteiger partial charge < -0.3 is 10.6 Å². The maximum absolute atomic E-state index is 12.3. The van der Waals surface area contributed by atoms with Gasteiger partial charge in [-0.3, -0.25) is 4.90 Å². The minimum absolute atomic E-state index is 0.0131. The van der Waals surface area contributed by atoms with Crippen LogP contribution in [0.2, 0.25) is 0 Å². The van der Waals surface area contributed by atoms with E-state index in [2.05, 4.69) is 6.07 Å². The van der Waals surface area contributed by atoms with Gasteiger partial charge in [0.1, 0.15) is 0 Å². The molecule has 1 aliphatic heterocycles. The normalized spacial score (nSPS) is 16.1. The van der Waals surface area contributed by atoms with Crippen molar-refractivity contribution < 1.29 is 4.79 Å². The average Bonchev–Trinajstić information content (AvgIpc) is 2.30. The summed E-state index contributed by atoms with van der Waals surface area (Å²) in [6.45, 7) is 5.06. The third-order valence-electron chi connectivity index (χ3n) is 3.26. The van der Waals surface area contributed by atoms with Crippen LogP contribution in [0.5, 0.6) is 0 Å². The summed E-state index contributed by atoms with van der Waals surface area (Å²) in [4.78, 5) is 15.8. The molecule has 0 radical (unpaired) electrons. The highest BCUT2D eigenvalue weighted by Crippen LogP contribution is 2.32. The lowest BCUT2D eigenvalue weighted by Gasteiger charge is -2.44. The van der Waals surface area contributed by atoms with E-state index in [1.54, 1.807) is 9.80 Å². The number of para-hydroxylation sites is 1. The van der Waals surface area contributed by atoms with Gasteiger partial charge in [-0.25, -0.2) is 4.79 Å². The Morgan fingerprint density at radius 1 is 1.35 bits per heavy atom. The minimum atomic E-state index is -0.373. The van der Waals surface area contributed by atoms with Crippen molar-refractivity contribution in [3.8, 4) is 0 Å². The first-order valence-electron chi connectivity index (χ1n) is 5.80. The highest BCUT2D eigenvalue weighted by atomic mass is 16.2. The third kappa shape index (κ3) is 1.89. The van der Waals surface area contributed by atoms with E-state index in [1.807, 2.05) is 39.1 Å². The second kappa shape index (κ2) is 4.04. The molecule has 0 aromatic heterocycles. The van der Waals surface area contributed by atoms with Gasteiger partial charge >= 0.3 is 6.03 Å². The van der Waals surface area contributed by atoms with Crippen molar-refractivity contribution in [1.82, 2.24) is 4.90 Å². The van der Waals surface area contributed by atoms with Crippen molar-refractivity contribution in [3.63, 3.8) is 0 Å². The number of nitrogens with zero attached hydrogens (tertiary/aromatic N) is 2. The Hall–Kier alpha value is -1.55. The Bertz CT molecular complexity index is 442. The van der Waals surface area contributed by atoms with Crippen molar-refractivity contribution in [2.45, 2.75) is 25.9 Å². The molecule has 2 rings (SSSR count). The number of anilines is 1. The summed E-state index contributed by atoms with van der Waals surface area (Å²) in [6.07, 6.45) is 0. The summed E-state index contributed by atoms with van der Waals surface area (Å²) < 4.78 is 0. The van der Waals surface area contributed by atoms with Crippen molar-refractivity contribution in [2.75, 3.05) is 18.5 Å². The van der Waals surface area contributed by atoms with Gasteiger partial charge in [0, 0.05) is 20.1 Å². The average molecular weight is 233 g/mol. The molecule has 1 heterocycles. The van der Waals surface area contributed by atoms with Crippen molar-refractivity contribution in [3.05, 3.63) is 29.8 Å². The minimum Gasteiger partial charge on any atom is -0.328 e. The molecule has 2 amide bonds. The molecule has 0 spiro atoms. The quantitative estimate of drug-likeness (QED) is 0.846. The number of hydrogen-bond donors (Lipinski definition) is 1. The van der Waals surface area contributed by atoms with Gasteiger partial charge in [0.05, 0.1) is 11.2 Å². The van der Waals surface area contributed by atoms with E-state index in [9.17, 15) is 4.79 Å². The molecule has 1 aromatic rings. The van der Waals surface area contributed by atoms with E-state index < -0.39 is 0 Å². The molecule has 0 unspecified atom stereocenters. The summed E-state index contributed by atoms with van der Waals surface area (Å²) in [5, 5.41) is 0. The van der Waals surface area contributed by atoms with E-state index in [1.165, 1.54) is 0 Å². The highest BCUT2D eigenvalue weighted by molar-refractivity contribution is 5.96. The molecular formula is C13H19N3O. The number of rotatable bonds is 2. The zero-order valence-electron chi connectivity index (χ0n) is 10.6. The van der Waals surface area contributed by atoms with E-state index in [0.717, 1.165) is 11.3 Å². The van der Waals surface area contributed by atoms with Crippen molar-refractivity contribution in [1.29, 1.82) is 0 Å². The first-order chi connectivity index (χ1) is 7.97. The smallest absolute Gasteiger partial charge is 0.325 e. The Balaban J connectivity index is 2.53. The lowest BCUT2D eigenvalue weighted by Crippen LogP contribution is -2.58. The molecule has 1 aliphatic rings. The molecule has 0 fully saturated rings. The summed E-state index contributed by atoms with van der Waals surface area (Å²) in [5.41, 5.74) is 7.56. The Morgan fingerprint density at radius 3 is 2.65 bits per heavy atom. The molecule has 2 N–H and O–H groups in total.